The molecule has 4 rings (SSSR count). The van der Waals surface area contributed by atoms with E-state index in [1.807, 2.05) is 36.4 Å². The number of Topliss-reactive ketones (excluding diaryl/α,β-unsaturated/α-hetero) is 1. The maximum absolute atomic E-state index is 13.2. The van der Waals surface area contributed by atoms with Crippen LogP contribution in [0.15, 0.2) is 79.1 Å². The second kappa shape index (κ2) is 8.50. The first-order chi connectivity index (χ1) is 14.2. The third-order valence-corrected chi connectivity index (χ3v) is 4.52. The van der Waals surface area contributed by atoms with Crippen molar-refractivity contribution in [1.29, 1.82) is 0 Å². The maximum Gasteiger partial charge on any atom is 0.180 e. The molecule has 2 N–H and O–H groups in total. The molecule has 0 fully saturated rings. The van der Waals surface area contributed by atoms with Crippen LogP contribution in [-0.2, 0) is 6.42 Å². The summed E-state index contributed by atoms with van der Waals surface area (Å²) < 4.78 is 0. The lowest BCUT2D eigenvalue weighted by Gasteiger charge is -2.14. The molecule has 0 aliphatic carbocycles. The molecule has 2 heterocycles. The lowest BCUT2D eigenvalue weighted by Crippen LogP contribution is -2.33. The Morgan fingerprint density at radius 1 is 0.862 bits per heavy atom. The van der Waals surface area contributed by atoms with Crippen LogP contribution < -0.4 is 5.73 Å². The average Bonchev–Trinajstić information content (AvgIpc) is 2.80. The van der Waals surface area contributed by atoms with Gasteiger partial charge in [-0.25, -0.2) is 0 Å². The van der Waals surface area contributed by atoms with E-state index in [4.69, 9.17) is 5.73 Å². The summed E-state index contributed by atoms with van der Waals surface area (Å²) in [5.74, 6) is -0.170. The van der Waals surface area contributed by atoms with Crippen molar-refractivity contribution >= 4 is 5.78 Å². The predicted molar refractivity (Wildman–Crippen MR) is 110 cm³/mol. The molecule has 29 heavy (non-hydrogen) atoms. The van der Waals surface area contributed by atoms with E-state index in [0.29, 0.717) is 34.5 Å². The van der Waals surface area contributed by atoms with E-state index in [2.05, 4.69) is 26.5 Å². The van der Waals surface area contributed by atoms with E-state index in [1.165, 1.54) is 0 Å². The Labute approximate surface area is 168 Å². The summed E-state index contributed by atoms with van der Waals surface area (Å²) in [6.45, 7) is 0. The van der Waals surface area contributed by atoms with Gasteiger partial charge in [0.2, 0.25) is 0 Å². The molecule has 141 valence electrons. The zero-order valence-corrected chi connectivity index (χ0v) is 15.6. The summed E-state index contributed by atoms with van der Waals surface area (Å²) in [4.78, 5) is 13.2. The summed E-state index contributed by atoms with van der Waals surface area (Å²) in [6.07, 6.45) is 3.64. The molecule has 2 aromatic heterocycles. The average molecular weight is 380 g/mol. The van der Waals surface area contributed by atoms with Gasteiger partial charge in [0.1, 0.15) is 0 Å². The minimum absolute atomic E-state index is 0.170. The Hall–Kier alpha value is -3.77. The van der Waals surface area contributed by atoms with E-state index in [0.717, 1.165) is 5.56 Å². The van der Waals surface area contributed by atoms with E-state index in [9.17, 15) is 4.79 Å². The summed E-state index contributed by atoms with van der Waals surface area (Å²) >= 11 is 0. The molecule has 0 spiro atoms. The second-order valence-electron chi connectivity index (χ2n) is 6.54. The van der Waals surface area contributed by atoms with Crippen molar-refractivity contribution in [3.8, 4) is 22.5 Å². The summed E-state index contributed by atoms with van der Waals surface area (Å²) in [5.41, 5.74) is 10.2. The Balaban J connectivity index is 1.73. The van der Waals surface area contributed by atoms with Gasteiger partial charge < -0.3 is 5.73 Å². The van der Waals surface area contributed by atoms with Crippen molar-refractivity contribution in [1.82, 2.24) is 20.4 Å². The maximum atomic E-state index is 13.2. The van der Waals surface area contributed by atoms with Gasteiger partial charge in [0.05, 0.1) is 17.4 Å². The SMILES string of the molecule is N[C@@H](Cc1ccccc1)C(=O)c1ccc(-c2cccnn2)[c]c1-c1cccnn1. The van der Waals surface area contributed by atoms with Crippen molar-refractivity contribution in [3.63, 3.8) is 0 Å². The molecule has 0 amide bonds. The third kappa shape index (κ3) is 4.23. The highest BCUT2D eigenvalue weighted by molar-refractivity contribution is 6.05. The molecule has 4 aromatic rings. The van der Waals surface area contributed by atoms with Gasteiger partial charge in [-0.15, -0.1) is 0 Å². The fraction of sp³-hybridized carbons (Fsp3) is 0.0870. The number of hydrogen-bond donors (Lipinski definition) is 1. The minimum atomic E-state index is -0.677. The van der Waals surface area contributed by atoms with Crippen molar-refractivity contribution in [2.24, 2.45) is 5.73 Å². The molecule has 0 aliphatic rings. The molecule has 2 aromatic carbocycles. The number of nitrogens with two attached hydrogens (primary N) is 1. The highest BCUT2D eigenvalue weighted by atomic mass is 16.1. The van der Waals surface area contributed by atoms with Crippen LogP contribution in [0.3, 0.4) is 0 Å². The summed E-state index contributed by atoms with van der Waals surface area (Å²) in [7, 11) is 0. The number of nitrogens with zero attached hydrogens (tertiary/aromatic N) is 4. The number of carbonyl (C=O) groups excluding carboxylic acids is 1. The molecule has 0 unspecified atom stereocenters. The largest absolute Gasteiger partial charge is 0.321 e. The van der Waals surface area contributed by atoms with E-state index < -0.39 is 6.04 Å². The van der Waals surface area contributed by atoms with Crippen molar-refractivity contribution in [2.75, 3.05) is 0 Å². The van der Waals surface area contributed by atoms with Crippen LogP contribution in [0.1, 0.15) is 15.9 Å². The van der Waals surface area contributed by atoms with Gasteiger partial charge >= 0.3 is 0 Å². The Bertz CT molecular complexity index is 1100. The van der Waals surface area contributed by atoms with Crippen molar-refractivity contribution in [2.45, 2.75) is 12.5 Å². The minimum Gasteiger partial charge on any atom is -0.321 e. The van der Waals surface area contributed by atoms with Gasteiger partial charge in [0.15, 0.2) is 5.78 Å². The predicted octanol–water partition coefficient (Wildman–Crippen LogP) is 3.15. The van der Waals surface area contributed by atoms with Gasteiger partial charge in [-0.3, -0.25) is 4.79 Å². The van der Waals surface area contributed by atoms with E-state index in [-0.39, 0.29) is 5.78 Å². The first-order valence-electron chi connectivity index (χ1n) is 9.18. The van der Waals surface area contributed by atoms with Crippen LogP contribution >= 0.6 is 0 Å². The molecular formula is C23H18N5O. The van der Waals surface area contributed by atoms with Gasteiger partial charge in [-0.1, -0.05) is 36.4 Å². The molecule has 0 saturated heterocycles. The molecule has 1 radical (unpaired) electrons. The Morgan fingerprint density at radius 2 is 1.55 bits per heavy atom. The first-order valence-corrected chi connectivity index (χ1v) is 9.18. The molecular weight excluding hydrogens is 362 g/mol. The van der Waals surface area contributed by atoms with Gasteiger partial charge in [0.25, 0.3) is 0 Å². The van der Waals surface area contributed by atoms with Gasteiger partial charge in [-0.2, -0.15) is 20.4 Å². The molecule has 0 bridgehead atoms. The first kappa shape index (κ1) is 18.6. The highest BCUT2D eigenvalue weighted by Gasteiger charge is 2.22. The van der Waals surface area contributed by atoms with Crippen LogP contribution in [0.4, 0.5) is 0 Å². The van der Waals surface area contributed by atoms with Crippen molar-refractivity contribution < 1.29 is 4.79 Å². The van der Waals surface area contributed by atoms with Crippen LogP contribution in [0, 0.1) is 6.07 Å². The highest BCUT2D eigenvalue weighted by Crippen LogP contribution is 2.27. The molecule has 0 saturated carbocycles. The molecule has 6 nitrogen and oxygen atoms in total. The lowest BCUT2D eigenvalue weighted by molar-refractivity contribution is 0.0961. The topological polar surface area (TPSA) is 94.7 Å². The van der Waals surface area contributed by atoms with Gasteiger partial charge in [-0.05, 0) is 42.3 Å². The van der Waals surface area contributed by atoms with Crippen molar-refractivity contribution in [3.05, 3.63) is 96.3 Å². The van der Waals surface area contributed by atoms with Crippen LogP contribution in [0.25, 0.3) is 22.5 Å². The monoisotopic (exact) mass is 380 g/mol. The quantitative estimate of drug-likeness (QED) is 0.516. The summed E-state index contributed by atoms with van der Waals surface area (Å²) in [5, 5.41) is 16.1. The Kier molecular flexibility index (Phi) is 5.45. The lowest BCUT2D eigenvalue weighted by atomic mass is 9.92. The number of rotatable bonds is 6. The number of benzene rings is 2. The standard InChI is InChI=1S/C23H18N5O/c24-20(14-16-6-2-1-3-7-16)23(29)18-11-10-17(21-8-4-12-25-27-21)15-19(18)22-9-5-13-26-28-22/h1-13,20H,14,24H2/t20-/m0/s1. The zero-order valence-electron chi connectivity index (χ0n) is 15.6. The number of carbonyl (C=O) groups is 1. The summed E-state index contributed by atoms with van der Waals surface area (Å²) in [6, 6.07) is 23.0. The fourth-order valence-corrected chi connectivity index (χ4v) is 3.09. The van der Waals surface area contributed by atoms with Crippen LogP contribution in [0.5, 0.6) is 0 Å². The van der Waals surface area contributed by atoms with E-state index in [1.54, 1.807) is 42.7 Å². The fourth-order valence-electron chi connectivity index (χ4n) is 3.09. The molecule has 1 atom stereocenters. The molecule has 0 aliphatic heterocycles. The van der Waals surface area contributed by atoms with Gasteiger partial charge in [0, 0.05) is 35.2 Å². The zero-order chi connectivity index (χ0) is 20.1. The number of hydrogen-bond acceptors (Lipinski definition) is 6. The van der Waals surface area contributed by atoms with Crippen LogP contribution in [0.2, 0.25) is 0 Å². The number of aromatic nitrogens is 4. The second-order valence-corrected chi connectivity index (χ2v) is 6.54. The molecule has 6 heteroatoms. The smallest absolute Gasteiger partial charge is 0.180 e. The number of ketones is 1. The Morgan fingerprint density at radius 3 is 2.21 bits per heavy atom. The normalized spacial score (nSPS) is 11.8. The van der Waals surface area contributed by atoms with Crippen LogP contribution in [-0.4, -0.2) is 32.2 Å². The van der Waals surface area contributed by atoms with E-state index >= 15 is 0 Å². The third-order valence-electron chi connectivity index (χ3n) is 4.52.